The van der Waals surface area contributed by atoms with Gasteiger partial charge in [-0.3, -0.25) is 4.99 Å². The van der Waals surface area contributed by atoms with Gasteiger partial charge in [-0.05, 0) is 55.8 Å². The van der Waals surface area contributed by atoms with Crippen LogP contribution in [0.5, 0.6) is 11.5 Å². The summed E-state index contributed by atoms with van der Waals surface area (Å²) in [6.45, 7) is 5.85. The second-order valence-corrected chi connectivity index (χ2v) is 6.84. The van der Waals surface area contributed by atoms with Crippen molar-refractivity contribution in [3.63, 3.8) is 0 Å². The van der Waals surface area contributed by atoms with Crippen LogP contribution in [0.3, 0.4) is 0 Å². The summed E-state index contributed by atoms with van der Waals surface area (Å²) < 4.78 is 12.9. The summed E-state index contributed by atoms with van der Waals surface area (Å²) in [5.41, 5.74) is 4.32. The Kier molecular flexibility index (Phi) is 9.64. The topological polar surface area (TPSA) is 72.7 Å². The van der Waals surface area contributed by atoms with Crippen LogP contribution in [0.4, 0.5) is 0 Å². The van der Waals surface area contributed by atoms with E-state index in [1.54, 1.807) is 14.2 Å². The lowest BCUT2D eigenvalue weighted by Gasteiger charge is -2.15. The molecule has 166 valence electrons. The van der Waals surface area contributed by atoms with E-state index in [1.807, 2.05) is 48.0 Å². The van der Waals surface area contributed by atoms with Crippen LogP contribution in [0.15, 0.2) is 59.6 Å². The highest BCUT2D eigenvalue weighted by Crippen LogP contribution is 2.17. The second-order valence-electron chi connectivity index (χ2n) is 6.84. The van der Waals surface area contributed by atoms with Crippen molar-refractivity contribution >= 4 is 29.9 Å². The Hall–Kier alpha value is -2.75. The molecule has 0 aliphatic carbocycles. The number of benzene rings is 2. The van der Waals surface area contributed by atoms with Crippen LogP contribution in [0.1, 0.15) is 17.0 Å². The Balaban J connectivity index is 0.00000341. The number of aromatic nitrogens is 2. The second kappa shape index (κ2) is 12.2. The Labute approximate surface area is 200 Å². The molecule has 0 aliphatic heterocycles. The van der Waals surface area contributed by atoms with Gasteiger partial charge >= 0.3 is 0 Å². The summed E-state index contributed by atoms with van der Waals surface area (Å²) in [4.78, 5) is 4.29. The Morgan fingerprint density at radius 1 is 1.03 bits per heavy atom. The number of guanidine groups is 1. The monoisotopic (exact) mass is 535 g/mol. The number of nitrogens with one attached hydrogen (secondary N) is 2. The van der Waals surface area contributed by atoms with Gasteiger partial charge in [0.05, 0.1) is 25.0 Å². The van der Waals surface area contributed by atoms with Crippen LogP contribution in [0.2, 0.25) is 0 Å². The molecule has 0 amide bonds. The highest BCUT2D eigenvalue weighted by Gasteiger charge is 2.09. The number of nitrogens with zero attached hydrogens (tertiary/aromatic N) is 3. The van der Waals surface area contributed by atoms with Gasteiger partial charge in [-0.25, -0.2) is 4.68 Å². The number of methoxy groups -OCH3 is 1. The Bertz CT molecular complexity index is 986. The molecule has 0 radical (unpaired) electrons. The molecule has 0 spiro atoms. The molecule has 0 fully saturated rings. The van der Waals surface area contributed by atoms with E-state index < -0.39 is 0 Å². The van der Waals surface area contributed by atoms with E-state index >= 15 is 0 Å². The summed E-state index contributed by atoms with van der Waals surface area (Å²) in [6.07, 6.45) is 0. The minimum atomic E-state index is 0. The maximum absolute atomic E-state index is 5.74. The lowest BCUT2D eigenvalue weighted by atomic mass is 10.1. The molecule has 0 aliphatic rings. The molecule has 0 saturated heterocycles. The molecule has 0 bridgehead atoms. The first kappa shape index (κ1) is 24.5. The highest BCUT2D eigenvalue weighted by atomic mass is 127. The van der Waals surface area contributed by atoms with Crippen molar-refractivity contribution in [3.8, 4) is 17.2 Å². The summed E-state index contributed by atoms with van der Waals surface area (Å²) in [5.74, 6) is 2.33. The SMILES string of the molecule is CN=C(NCCOc1ccc(OC)cc1)NCc1ccccc1-n1nc(C)cc1C.I. The molecule has 3 aromatic rings. The first-order valence-corrected chi connectivity index (χ1v) is 9.93. The van der Waals surface area contributed by atoms with Crippen LogP contribution >= 0.6 is 24.0 Å². The van der Waals surface area contributed by atoms with E-state index in [4.69, 9.17) is 9.47 Å². The highest BCUT2D eigenvalue weighted by molar-refractivity contribution is 14.0. The molecule has 0 unspecified atom stereocenters. The predicted molar refractivity (Wildman–Crippen MR) is 135 cm³/mol. The number of aliphatic imine (C=N–C) groups is 1. The molecule has 0 atom stereocenters. The zero-order chi connectivity index (χ0) is 21.3. The molecule has 2 aromatic carbocycles. The number of ether oxygens (including phenoxy) is 2. The largest absolute Gasteiger partial charge is 0.497 e. The minimum Gasteiger partial charge on any atom is -0.497 e. The van der Waals surface area contributed by atoms with Crippen LogP contribution < -0.4 is 20.1 Å². The molecule has 8 heteroatoms. The zero-order valence-corrected chi connectivity index (χ0v) is 20.7. The molecular formula is C23H30IN5O2. The summed E-state index contributed by atoms with van der Waals surface area (Å²) in [6, 6.07) is 17.8. The van der Waals surface area contributed by atoms with Gasteiger partial charge in [0, 0.05) is 19.3 Å². The number of rotatable bonds is 8. The van der Waals surface area contributed by atoms with Crippen LogP contribution in [0, 0.1) is 13.8 Å². The lowest BCUT2D eigenvalue weighted by Crippen LogP contribution is -2.39. The fraction of sp³-hybridized carbons (Fsp3) is 0.304. The van der Waals surface area contributed by atoms with Gasteiger partial charge in [0.1, 0.15) is 18.1 Å². The number of hydrogen-bond donors (Lipinski definition) is 2. The van der Waals surface area contributed by atoms with Gasteiger partial charge < -0.3 is 20.1 Å². The normalized spacial score (nSPS) is 10.9. The number of hydrogen-bond acceptors (Lipinski definition) is 4. The molecule has 2 N–H and O–H groups in total. The fourth-order valence-corrected chi connectivity index (χ4v) is 3.15. The first-order valence-electron chi connectivity index (χ1n) is 9.93. The van der Waals surface area contributed by atoms with Crippen molar-refractivity contribution in [2.45, 2.75) is 20.4 Å². The zero-order valence-electron chi connectivity index (χ0n) is 18.4. The third-order valence-corrected chi connectivity index (χ3v) is 4.62. The summed E-state index contributed by atoms with van der Waals surface area (Å²) >= 11 is 0. The molecule has 1 aromatic heterocycles. The number of para-hydroxylation sites is 1. The average Bonchev–Trinajstić information content (AvgIpc) is 3.11. The van der Waals surface area contributed by atoms with E-state index in [-0.39, 0.29) is 24.0 Å². The quantitative estimate of drug-likeness (QED) is 0.199. The van der Waals surface area contributed by atoms with E-state index in [1.165, 1.54) is 0 Å². The third-order valence-electron chi connectivity index (χ3n) is 4.62. The predicted octanol–water partition coefficient (Wildman–Crippen LogP) is 3.86. The van der Waals surface area contributed by atoms with E-state index in [2.05, 4.69) is 45.8 Å². The maximum Gasteiger partial charge on any atom is 0.191 e. The first-order chi connectivity index (χ1) is 14.6. The van der Waals surface area contributed by atoms with Crippen molar-refractivity contribution in [2.75, 3.05) is 27.3 Å². The van der Waals surface area contributed by atoms with E-state index in [0.717, 1.165) is 40.1 Å². The molecule has 7 nitrogen and oxygen atoms in total. The summed E-state index contributed by atoms with van der Waals surface area (Å²) in [5, 5.41) is 11.2. The fourth-order valence-electron chi connectivity index (χ4n) is 3.15. The third kappa shape index (κ3) is 6.88. The van der Waals surface area contributed by atoms with Crippen LogP contribution in [0.25, 0.3) is 5.69 Å². The van der Waals surface area contributed by atoms with Gasteiger partial charge in [-0.2, -0.15) is 5.10 Å². The molecule has 31 heavy (non-hydrogen) atoms. The van der Waals surface area contributed by atoms with Crippen LogP contribution in [-0.4, -0.2) is 43.0 Å². The standard InChI is InChI=1S/C23H29N5O2.HI/c1-17-15-18(2)28(27-17)22-8-6-5-7-19(22)16-26-23(24-3)25-13-14-30-21-11-9-20(29-4)10-12-21;/h5-12,15H,13-14,16H2,1-4H3,(H2,24,25,26);1H. The van der Waals surface area contributed by atoms with Crippen molar-refractivity contribution in [3.05, 3.63) is 71.5 Å². The van der Waals surface area contributed by atoms with Gasteiger partial charge in [0.15, 0.2) is 5.96 Å². The Morgan fingerprint density at radius 2 is 1.74 bits per heavy atom. The number of halogens is 1. The average molecular weight is 535 g/mol. The van der Waals surface area contributed by atoms with Crippen molar-refractivity contribution in [2.24, 2.45) is 4.99 Å². The summed E-state index contributed by atoms with van der Waals surface area (Å²) in [7, 11) is 3.40. The molecule has 3 rings (SSSR count). The van der Waals surface area contributed by atoms with E-state index in [0.29, 0.717) is 19.7 Å². The van der Waals surface area contributed by atoms with Crippen molar-refractivity contribution in [1.29, 1.82) is 0 Å². The molecule has 1 heterocycles. The maximum atomic E-state index is 5.74. The van der Waals surface area contributed by atoms with Gasteiger partial charge in [-0.15, -0.1) is 24.0 Å². The number of aryl methyl sites for hydroxylation is 2. The van der Waals surface area contributed by atoms with Crippen LogP contribution in [-0.2, 0) is 6.54 Å². The van der Waals surface area contributed by atoms with Crippen molar-refractivity contribution < 1.29 is 9.47 Å². The van der Waals surface area contributed by atoms with Gasteiger partial charge in [-0.1, -0.05) is 18.2 Å². The molecule has 0 saturated carbocycles. The smallest absolute Gasteiger partial charge is 0.191 e. The van der Waals surface area contributed by atoms with E-state index in [9.17, 15) is 0 Å². The minimum absolute atomic E-state index is 0. The Morgan fingerprint density at radius 3 is 2.39 bits per heavy atom. The molecular weight excluding hydrogens is 505 g/mol. The van der Waals surface area contributed by atoms with Gasteiger partial charge in [0.25, 0.3) is 0 Å². The van der Waals surface area contributed by atoms with Gasteiger partial charge in [0.2, 0.25) is 0 Å². The lowest BCUT2D eigenvalue weighted by molar-refractivity contribution is 0.321. The van der Waals surface area contributed by atoms with Crippen molar-refractivity contribution in [1.82, 2.24) is 20.4 Å².